The SMILES string of the molecule is CON=Cc1c(N)ncnc1Nc1ccc(Oc2ccc(C)nc2)c(C)c1. The first-order chi connectivity index (χ1) is 13.1. The van der Waals surface area contributed by atoms with Gasteiger partial charge in [0.15, 0.2) is 0 Å². The monoisotopic (exact) mass is 364 g/mol. The summed E-state index contributed by atoms with van der Waals surface area (Å²) in [4.78, 5) is 17.1. The van der Waals surface area contributed by atoms with Crippen LogP contribution in [0.5, 0.6) is 11.5 Å². The molecule has 8 nitrogen and oxygen atoms in total. The number of nitrogens with two attached hydrogens (primary N) is 1. The minimum atomic E-state index is 0.303. The third-order valence-corrected chi connectivity index (χ3v) is 3.75. The van der Waals surface area contributed by atoms with E-state index in [0.29, 0.717) is 22.9 Å². The van der Waals surface area contributed by atoms with Crippen LogP contribution in [0.2, 0.25) is 0 Å². The molecule has 0 fully saturated rings. The summed E-state index contributed by atoms with van der Waals surface area (Å²) >= 11 is 0. The maximum Gasteiger partial charge on any atom is 0.145 e. The quantitative estimate of drug-likeness (QED) is 0.508. The zero-order valence-corrected chi connectivity index (χ0v) is 15.3. The third-order valence-electron chi connectivity index (χ3n) is 3.75. The second-order valence-corrected chi connectivity index (χ2v) is 5.78. The Balaban J connectivity index is 1.81. The molecule has 0 radical (unpaired) electrons. The summed E-state index contributed by atoms with van der Waals surface area (Å²) in [5.74, 6) is 2.26. The van der Waals surface area contributed by atoms with Crippen LogP contribution in [0, 0.1) is 13.8 Å². The van der Waals surface area contributed by atoms with Gasteiger partial charge in [-0.1, -0.05) is 5.16 Å². The number of benzene rings is 1. The van der Waals surface area contributed by atoms with Gasteiger partial charge in [0.25, 0.3) is 0 Å². The summed E-state index contributed by atoms with van der Waals surface area (Å²) in [6.07, 6.45) is 4.55. The van der Waals surface area contributed by atoms with Crippen molar-refractivity contribution in [2.45, 2.75) is 13.8 Å². The van der Waals surface area contributed by atoms with Gasteiger partial charge in [-0.05, 0) is 49.7 Å². The highest BCUT2D eigenvalue weighted by atomic mass is 16.6. The largest absolute Gasteiger partial charge is 0.455 e. The van der Waals surface area contributed by atoms with Crippen molar-refractivity contribution in [2.75, 3.05) is 18.2 Å². The lowest BCUT2D eigenvalue weighted by Crippen LogP contribution is -2.05. The van der Waals surface area contributed by atoms with Crippen LogP contribution in [0.15, 0.2) is 48.0 Å². The normalized spacial score (nSPS) is 10.8. The molecule has 0 saturated carbocycles. The molecule has 0 spiro atoms. The third kappa shape index (κ3) is 4.49. The van der Waals surface area contributed by atoms with E-state index in [1.54, 1.807) is 6.20 Å². The summed E-state index contributed by atoms with van der Waals surface area (Å²) < 4.78 is 5.89. The van der Waals surface area contributed by atoms with Gasteiger partial charge in [0.2, 0.25) is 0 Å². The molecule has 0 aliphatic carbocycles. The molecular weight excluding hydrogens is 344 g/mol. The molecule has 0 bridgehead atoms. The minimum absolute atomic E-state index is 0.303. The predicted molar refractivity (Wildman–Crippen MR) is 105 cm³/mol. The van der Waals surface area contributed by atoms with E-state index >= 15 is 0 Å². The second kappa shape index (κ2) is 8.13. The number of nitrogens with zero attached hydrogens (tertiary/aromatic N) is 4. The molecule has 2 heterocycles. The smallest absolute Gasteiger partial charge is 0.145 e. The van der Waals surface area contributed by atoms with Crippen LogP contribution in [0.4, 0.5) is 17.3 Å². The lowest BCUT2D eigenvalue weighted by molar-refractivity contribution is 0.215. The Labute approximate surface area is 157 Å². The lowest BCUT2D eigenvalue weighted by Gasteiger charge is -2.13. The van der Waals surface area contributed by atoms with Crippen LogP contribution in [0.1, 0.15) is 16.8 Å². The van der Waals surface area contributed by atoms with Crippen LogP contribution >= 0.6 is 0 Å². The van der Waals surface area contributed by atoms with E-state index in [0.717, 1.165) is 22.7 Å². The maximum absolute atomic E-state index is 5.90. The van der Waals surface area contributed by atoms with Crippen molar-refractivity contribution in [3.63, 3.8) is 0 Å². The second-order valence-electron chi connectivity index (χ2n) is 5.78. The van der Waals surface area contributed by atoms with E-state index in [2.05, 4.69) is 25.4 Å². The average Bonchev–Trinajstić information content (AvgIpc) is 2.65. The van der Waals surface area contributed by atoms with Gasteiger partial charge in [-0.15, -0.1) is 0 Å². The van der Waals surface area contributed by atoms with Crippen LogP contribution in [-0.2, 0) is 4.84 Å². The number of pyridine rings is 1. The zero-order chi connectivity index (χ0) is 19.2. The van der Waals surface area contributed by atoms with Gasteiger partial charge in [0.1, 0.15) is 36.6 Å². The molecule has 3 rings (SSSR count). The van der Waals surface area contributed by atoms with E-state index in [9.17, 15) is 0 Å². The predicted octanol–water partition coefficient (Wildman–Crippen LogP) is 3.59. The fraction of sp³-hybridized carbons (Fsp3) is 0.158. The standard InChI is InChI=1S/C19H20N6O2/c1-12-8-14(5-7-17(12)27-15-6-4-13(2)21-9-15)25-19-16(10-24-26-3)18(20)22-11-23-19/h4-11H,1-3H3,(H3,20,22,23,25). The number of nitrogen functional groups attached to an aromatic ring is 1. The fourth-order valence-electron chi connectivity index (χ4n) is 2.36. The lowest BCUT2D eigenvalue weighted by atomic mass is 10.2. The van der Waals surface area contributed by atoms with Gasteiger partial charge in [-0.2, -0.15) is 0 Å². The first kappa shape index (κ1) is 18.1. The minimum Gasteiger partial charge on any atom is -0.455 e. The molecule has 0 amide bonds. The Morgan fingerprint density at radius 1 is 1.11 bits per heavy atom. The highest BCUT2D eigenvalue weighted by Gasteiger charge is 2.09. The molecule has 0 unspecified atom stereocenters. The molecule has 2 aromatic heterocycles. The molecule has 0 aliphatic heterocycles. The van der Waals surface area contributed by atoms with Crippen molar-refractivity contribution in [3.05, 3.63) is 59.7 Å². The van der Waals surface area contributed by atoms with Crippen LogP contribution in [0.3, 0.4) is 0 Å². The molecular formula is C19H20N6O2. The summed E-state index contributed by atoms with van der Waals surface area (Å²) in [7, 11) is 1.45. The molecule has 8 heteroatoms. The van der Waals surface area contributed by atoms with Crippen LogP contribution < -0.4 is 15.8 Å². The number of aryl methyl sites for hydroxylation is 2. The van der Waals surface area contributed by atoms with Crippen molar-refractivity contribution < 1.29 is 9.57 Å². The van der Waals surface area contributed by atoms with Gasteiger partial charge >= 0.3 is 0 Å². The van der Waals surface area contributed by atoms with Crippen molar-refractivity contribution >= 4 is 23.5 Å². The number of hydrogen-bond donors (Lipinski definition) is 2. The van der Waals surface area contributed by atoms with Crippen molar-refractivity contribution in [2.24, 2.45) is 5.16 Å². The van der Waals surface area contributed by atoms with E-state index in [-0.39, 0.29) is 0 Å². The molecule has 1 aromatic carbocycles. The fourth-order valence-corrected chi connectivity index (χ4v) is 2.36. The van der Waals surface area contributed by atoms with E-state index < -0.39 is 0 Å². The van der Waals surface area contributed by atoms with E-state index in [4.69, 9.17) is 15.3 Å². The van der Waals surface area contributed by atoms with Crippen LogP contribution in [-0.4, -0.2) is 28.3 Å². The summed E-state index contributed by atoms with van der Waals surface area (Å²) in [5, 5.41) is 6.95. The number of anilines is 3. The molecule has 0 atom stereocenters. The Bertz CT molecular complexity index is 957. The van der Waals surface area contributed by atoms with Crippen molar-refractivity contribution in [1.82, 2.24) is 15.0 Å². The Hall–Kier alpha value is -3.68. The van der Waals surface area contributed by atoms with Crippen LogP contribution in [0.25, 0.3) is 0 Å². The van der Waals surface area contributed by atoms with Gasteiger partial charge in [0, 0.05) is 11.4 Å². The van der Waals surface area contributed by atoms with Crippen molar-refractivity contribution in [1.29, 1.82) is 0 Å². The maximum atomic E-state index is 5.90. The molecule has 0 aliphatic rings. The zero-order valence-electron chi connectivity index (χ0n) is 15.3. The topological polar surface area (TPSA) is 108 Å². The molecule has 27 heavy (non-hydrogen) atoms. The van der Waals surface area contributed by atoms with E-state index in [1.165, 1.54) is 19.7 Å². The summed E-state index contributed by atoms with van der Waals surface area (Å²) in [5.41, 5.74) is 9.17. The summed E-state index contributed by atoms with van der Waals surface area (Å²) in [6.45, 7) is 3.89. The van der Waals surface area contributed by atoms with Crippen molar-refractivity contribution in [3.8, 4) is 11.5 Å². The average molecular weight is 364 g/mol. The number of rotatable bonds is 6. The van der Waals surface area contributed by atoms with Gasteiger partial charge < -0.3 is 20.6 Å². The number of hydrogen-bond acceptors (Lipinski definition) is 8. The summed E-state index contributed by atoms with van der Waals surface area (Å²) in [6, 6.07) is 9.51. The number of aromatic nitrogens is 3. The van der Waals surface area contributed by atoms with Gasteiger partial charge in [0.05, 0.1) is 18.0 Å². The number of nitrogens with one attached hydrogen (secondary N) is 1. The number of ether oxygens (including phenoxy) is 1. The Morgan fingerprint density at radius 3 is 2.67 bits per heavy atom. The molecule has 3 aromatic rings. The highest BCUT2D eigenvalue weighted by molar-refractivity contribution is 5.92. The number of oxime groups is 1. The molecule has 3 N–H and O–H groups in total. The Kier molecular flexibility index (Phi) is 5.46. The van der Waals surface area contributed by atoms with Gasteiger partial charge in [-0.25, -0.2) is 9.97 Å². The Morgan fingerprint density at radius 2 is 1.96 bits per heavy atom. The first-order valence-corrected chi connectivity index (χ1v) is 8.22. The molecule has 138 valence electrons. The van der Waals surface area contributed by atoms with Gasteiger partial charge in [-0.3, -0.25) is 4.98 Å². The molecule has 0 saturated heterocycles. The first-order valence-electron chi connectivity index (χ1n) is 8.22. The highest BCUT2D eigenvalue weighted by Crippen LogP contribution is 2.29. The van der Waals surface area contributed by atoms with E-state index in [1.807, 2.05) is 44.2 Å².